The van der Waals surface area contributed by atoms with Crippen molar-refractivity contribution in [2.24, 2.45) is 0 Å². The molecule has 0 saturated heterocycles. The van der Waals surface area contributed by atoms with Crippen LogP contribution < -0.4 is 5.32 Å². The molecule has 1 aliphatic carbocycles. The summed E-state index contributed by atoms with van der Waals surface area (Å²) in [6, 6.07) is 1.26. The molecule has 0 bridgehead atoms. The predicted molar refractivity (Wildman–Crippen MR) is 57.2 cm³/mol. The molecule has 3 heteroatoms. The summed E-state index contributed by atoms with van der Waals surface area (Å²) < 4.78 is 2.26. The molecular weight excluding hydrogens is 174 g/mol. The number of likely N-dealkylation sites (N-methyl/N-ethyl adjacent to an activating group) is 1. The average molecular weight is 193 g/mol. The van der Waals surface area contributed by atoms with Crippen LogP contribution in [0.3, 0.4) is 0 Å². The van der Waals surface area contributed by atoms with E-state index in [2.05, 4.69) is 28.0 Å². The number of hydrogen-bond donors (Lipinski definition) is 1. The molecule has 0 aromatic carbocycles. The van der Waals surface area contributed by atoms with Gasteiger partial charge in [-0.15, -0.1) is 0 Å². The van der Waals surface area contributed by atoms with Gasteiger partial charge in [0.15, 0.2) is 0 Å². The Bertz CT molecular complexity index is 254. The molecule has 0 radical (unpaired) electrons. The molecule has 1 aliphatic rings. The van der Waals surface area contributed by atoms with Crippen molar-refractivity contribution in [1.29, 1.82) is 0 Å². The standard InChI is InChI=1S/C11H19N3/c1-2-13-10-5-3-4-6-11(10)14-8-7-12-9-14/h7-11,13H,2-6H2,1H3. The zero-order valence-electron chi connectivity index (χ0n) is 8.82. The van der Waals surface area contributed by atoms with Crippen LogP contribution >= 0.6 is 0 Å². The maximum Gasteiger partial charge on any atom is 0.0949 e. The molecule has 1 saturated carbocycles. The first kappa shape index (κ1) is 9.71. The first-order chi connectivity index (χ1) is 6.92. The maximum atomic E-state index is 4.13. The summed E-state index contributed by atoms with van der Waals surface area (Å²) in [6.45, 7) is 3.25. The maximum absolute atomic E-state index is 4.13. The van der Waals surface area contributed by atoms with Crippen LogP contribution in [0.1, 0.15) is 38.6 Å². The van der Waals surface area contributed by atoms with Crippen LogP contribution in [0.15, 0.2) is 18.7 Å². The Morgan fingerprint density at radius 3 is 3.00 bits per heavy atom. The Balaban J connectivity index is 2.06. The smallest absolute Gasteiger partial charge is 0.0949 e. The minimum atomic E-state index is 0.617. The summed E-state index contributed by atoms with van der Waals surface area (Å²) in [6.07, 6.45) is 11.2. The fourth-order valence-corrected chi connectivity index (χ4v) is 2.43. The van der Waals surface area contributed by atoms with E-state index in [1.165, 1.54) is 25.7 Å². The highest BCUT2D eigenvalue weighted by atomic mass is 15.1. The van der Waals surface area contributed by atoms with Gasteiger partial charge in [0.05, 0.1) is 6.33 Å². The van der Waals surface area contributed by atoms with E-state index in [1.54, 1.807) is 0 Å². The van der Waals surface area contributed by atoms with Gasteiger partial charge in [-0.05, 0) is 19.4 Å². The third-order valence-electron chi connectivity index (χ3n) is 3.10. The third kappa shape index (κ3) is 1.98. The van der Waals surface area contributed by atoms with E-state index in [9.17, 15) is 0 Å². The quantitative estimate of drug-likeness (QED) is 0.795. The summed E-state index contributed by atoms with van der Waals surface area (Å²) in [5.74, 6) is 0. The largest absolute Gasteiger partial charge is 0.333 e. The molecule has 2 atom stereocenters. The Labute approximate surface area is 85.5 Å². The van der Waals surface area contributed by atoms with Crippen LogP contribution in [-0.2, 0) is 0 Å². The normalized spacial score (nSPS) is 27.8. The number of rotatable bonds is 3. The summed E-state index contributed by atoms with van der Waals surface area (Å²) >= 11 is 0. The van der Waals surface area contributed by atoms with Gasteiger partial charge < -0.3 is 9.88 Å². The zero-order chi connectivity index (χ0) is 9.80. The molecule has 2 unspecified atom stereocenters. The molecule has 14 heavy (non-hydrogen) atoms. The lowest BCUT2D eigenvalue weighted by atomic mass is 9.90. The van der Waals surface area contributed by atoms with Gasteiger partial charge in [0, 0.05) is 24.5 Å². The Hall–Kier alpha value is -0.830. The van der Waals surface area contributed by atoms with Gasteiger partial charge in [0.2, 0.25) is 0 Å². The molecule has 1 heterocycles. The summed E-state index contributed by atoms with van der Waals surface area (Å²) in [7, 11) is 0. The lowest BCUT2D eigenvalue weighted by Gasteiger charge is -2.32. The lowest BCUT2D eigenvalue weighted by Crippen LogP contribution is -2.39. The molecule has 78 valence electrons. The Morgan fingerprint density at radius 1 is 1.43 bits per heavy atom. The van der Waals surface area contributed by atoms with E-state index in [-0.39, 0.29) is 0 Å². The van der Waals surface area contributed by atoms with Crippen molar-refractivity contribution in [3.05, 3.63) is 18.7 Å². The molecule has 1 N–H and O–H groups in total. The van der Waals surface area contributed by atoms with Crippen LogP contribution in [0.5, 0.6) is 0 Å². The van der Waals surface area contributed by atoms with E-state index in [0.29, 0.717) is 12.1 Å². The van der Waals surface area contributed by atoms with Crippen molar-refractivity contribution in [2.45, 2.75) is 44.7 Å². The van der Waals surface area contributed by atoms with Gasteiger partial charge in [0.25, 0.3) is 0 Å². The molecule has 2 rings (SSSR count). The number of nitrogens with zero attached hydrogens (tertiary/aromatic N) is 2. The van der Waals surface area contributed by atoms with Crippen molar-refractivity contribution < 1.29 is 0 Å². The SMILES string of the molecule is CCNC1CCCCC1n1ccnc1. The third-order valence-corrected chi connectivity index (χ3v) is 3.10. The highest BCUT2D eigenvalue weighted by Crippen LogP contribution is 2.28. The van der Waals surface area contributed by atoms with Gasteiger partial charge in [-0.1, -0.05) is 19.8 Å². The van der Waals surface area contributed by atoms with Crippen molar-refractivity contribution in [3.63, 3.8) is 0 Å². The molecule has 1 aromatic rings. The Morgan fingerprint density at radius 2 is 2.29 bits per heavy atom. The second kappa shape index (κ2) is 4.60. The van der Waals surface area contributed by atoms with Crippen molar-refractivity contribution in [3.8, 4) is 0 Å². The van der Waals surface area contributed by atoms with Gasteiger partial charge in [-0.25, -0.2) is 4.98 Å². The van der Waals surface area contributed by atoms with Gasteiger partial charge >= 0.3 is 0 Å². The predicted octanol–water partition coefficient (Wildman–Crippen LogP) is 1.98. The highest BCUT2D eigenvalue weighted by Gasteiger charge is 2.24. The van der Waals surface area contributed by atoms with E-state index in [0.717, 1.165) is 6.54 Å². The summed E-state index contributed by atoms with van der Waals surface area (Å²) in [5.41, 5.74) is 0. The first-order valence-electron chi connectivity index (χ1n) is 5.62. The van der Waals surface area contributed by atoms with Crippen LogP contribution in [0.25, 0.3) is 0 Å². The van der Waals surface area contributed by atoms with Gasteiger partial charge in [-0.3, -0.25) is 0 Å². The summed E-state index contributed by atoms with van der Waals surface area (Å²) in [5, 5.41) is 3.57. The average Bonchev–Trinajstić information content (AvgIpc) is 2.72. The Kier molecular flexibility index (Phi) is 3.19. The monoisotopic (exact) mass is 193 g/mol. The second-order valence-corrected chi connectivity index (χ2v) is 4.03. The van der Waals surface area contributed by atoms with E-state index in [1.807, 2.05) is 12.5 Å². The fourth-order valence-electron chi connectivity index (χ4n) is 2.43. The number of imidazole rings is 1. The minimum absolute atomic E-state index is 0.617. The van der Waals surface area contributed by atoms with E-state index < -0.39 is 0 Å². The number of nitrogens with one attached hydrogen (secondary N) is 1. The van der Waals surface area contributed by atoms with Crippen LogP contribution in [0, 0.1) is 0 Å². The molecule has 0 spiro atoms. The molecule has 1 aromatic heterocycles. The van der Waals surface area contributed by atoms with Crippen LogP contribution in [0.2, 0.25) is 0 Å². The highest BCUT2D eigenvalue weighted by molar-refractivity contribution is 4.89. The molecule has 0 aliphatic heterocycles. The lowest BCUT2D eigenvalue weighted by molar-refractivity contribution is 0.266. The topological polar surface area (TPSA) is 29.9 Å². The first-order valence-corrected chi connectivity index (χ1v) is 5.62. The van der Waals surface area contributed by atoms with Crippen molar-refractivity contribution >= 4 is 0 Å². The van der Waals surface area contributed by atoms with Crippen molar-refractivity contribution in [2.75, 3.05) is 6.54 Å². The summed E-state index contributed by atoms with van der Waals surface area (Å²) in [4.78, 5) is 4.13. The molecular formula is C11H19N3. The van der Waals surface area contributed by atoms with Gasteiger partial charge in [0.1, 0.15) is 0 Å². The number of aromatic nitrogens is 2. The van der Waals surface area contributed by atoms with E-state index in [4.69, 9.17) is 0 Å². The van der Waals surface area contributed by atoms with Crippen molar-refractivity contribution in [1.82, 2.24) is 14.9 Å². The van der Waals surface area contributed by atoms with Crippen LogP contribution in [0.4, 0.5) is 0 Å². The van der Waals surface area contributed by atoms with E-state index >= 15 is 0 Å². The fraction of sp³-hybridized carbons (Fsp3) is 0.727. The molecule has 3 nitrogen and oxygen atoms in total. The zero-order valence-corrected chi connectivity index (χ0v) is 8.82. The van der Waals surface area contributed by atoms with Crippen LogP contribution in [-0.4, -0.2) is 22.1 Å². The number of hydrogen-bond acceptors (Lipinski definition) is 2. The molecule has 1 fully saturated rings. The van der Waals surface area contributed by atoms with Gasteiger partial charge in [-0.2, -0.15) is 0 Å². The minimum Gasteiger partial charge on any atom is -0.333 e. The molecule has 0 amide bonds. The second-order valence-electron chi connectivity index (χ2n) is 4.03.